The summed E-state index contributed by atoms with van der Waals surface area (Å²) in [5, 5.41) is 0. The lowest BCUT2D eigenvalue weighted by atomic mass is 10.3. The van der Waals surface area contributed by atoms with Crippen molar-refractivity contribution in [3.63, 3.8) is 0 Å². The van der Waals surface area contributed by atoms with E-state index in [-0.39, 0.29) is 6.21 Å². The maximum atomic E-state index is 11.6. The van der Waals surface area contributed by atoms with Gasteiger partial charge >= 0.3 is 6.18 Å². The molecule has 0 aliphatic carbocycles. The molecule has 0 bridgehead atoms. The van der Waals surface area contributed by atoms with Gasteiger partial charge in [-0.05, 0) is 20.8 Å². The minimum absolute atomic E-state index is 0.117. The van der Waals surface area contributed by atoms with Gasteiger partial charge in [0.25, 0.3) is 17.2 Å². The topological polar surface area (TPSA) is 31.0 Å². The normalized spacial score (nSPS) is 16.8. The largest absolute Gasteiger partial charge is 0.470 e. The molecule has 0 spiro atoms. The quantitative estimate of drug-likeness (QED) is 0.603. The van der Waals surface area contributed by atoms with Crippen LogP contribution in [0.3, 0.4) is 0 Å². The summed E-state index contributed by atoms with van der Waals surface area (Å²) in [7, 11) is -1.71. The molecule has 0 aliphatic heterocycles. The maximum Gasteiger partial charge on any atom is 0.470 e. The van der Waals surface area contributed by atoms with Crippen molar-refractivity contribution in [3.05, 3.63) is 0 Å². The van der Waals surface area contributed by atoms with Crippen LogP contribution in [0.5, 0.6) is 0 Å². The van der Waals surface area contributed by atoms with Crippen molar-refractivity contribution in [2.45, 2.75) is 31.7 Å². The van der Waals surface area contributed by atoms with Gasteiger partial charge in [-0.3, -0.25) is 0 Å². The first-order chi connectivity index (χ1) is 5.13. The molecule has 0 radical (unpaired) electrons. The van der Waals surface area contributed by atoms with E-state index in [9.17, 15) is 17.4 Å². The minimum atomic E-state index is -4.43. The van der Waals surface area contributed by atoms with Gasteiger partial charge < -0.3 is 0 Å². The van der Waals surface area contributed by atoms with Crippen molar-refractivity contribution in [1.29, 1.82) is 0 Å². The summed E-state index contributed by atoms with van der Waals surface area (Å²) in [5.41, 5.74) is 0. The average Bonchev–Trinajstić information content (AvgIpc) is 1.78. The van der Waals surface area contributed by atoms with E-state index < -0.39 is 21.9 Å². The average molecular weight is 202 g/mol. The molecule has 0 aromatic heterocycles. The Kier molecular flexibility index (Phi) is 3.44. The highest BCUT2D eigenvalue weighted by molar-refractivity contribution is 7.79. The second-order valence-corrected chi connectivity index (χ2v) is 5.18. The Labute approximate surface area is 71.5 Å². The second kappa shape index (κ2) is 3.55. The molecule has 1 atom stereocenters. The molecule has 1 N–H and O–H groups in total. The predicted molar refractivity (Wildman–Crippen MR) is 41.0 cm³/mol. The smallest absolute Gasteiger partial charge is 0.186 e. The number of rotatable bonds is 1. The van der Waals surface area contributed by atoms with Crippen LogP contribution in [-0.2, 0) is 11.0 Å². The number of nitrogens with one attached hydrogen (secondary N) is 1. The van der Waals surface area contributed by atoms with Gasteiger partial charge in [-0.1, -0.05) is 0 Å². The molecule has 6 heteroatoms. The van der Waals surface area contributed by atoms with Crippen molar-refractivity contribution >= 4 is 17.2 Å². The van der Waals surface area contributed by atoms with E-state index in [1.807, 2.05) is 0 Å². The van der Waals surface area contributed by atoms with E-state index in [0.717, 1.165) is 0 Å². The fourth-order valence-electron chi connectivity index (χ4n) is 0.297. The summed E-state index contributed by atoms with van der Waals surface area (Å²) in [5.74, 6) is 0. The van der Waals surface area contributed by atoms with E-state index in [0.29, 0.717) is 0 Å². The van der Waals surface area contributed by atoms with Crippen molar-refractivity contribution < 1.29 is 21.8 Å². The summed E-state index contributed by atoms with van der Waals surface area (Å²) in [6, 6.07) is 0. The highest BCUT2D eigenvalue weighted by atomic mass is 32.2. The molecule has 0 fully saturated rings. The third kappa shape index (κ3) is 5.29. The third-order valence-electron chi connectivity index (χ3n) is 0.886. The molecule has 0 aromatic rings. The van der Waals surface area contributed by atoms with E-state index in [2.05, 4.69) is 0 Å². The first-order valence-corrected chi connectivity index (χ1v) is 4.37. The van der Waals surface area contributed by atoms with E-state index in [1.54, 1.807) is 25.2 Å². The molecule has 0 heterocycles. The number of hydrogen-bond acceptors (Lipinski definition) is 1. The monoisotopic (exact) mass is 202 g/mol. The Bertz CT molecular complexity index is 204. The summed E-state index contributed by atoms with van der Waals surface area (Å²) >= 11 is 0. The van der Waals surface area contributed by atoms with Gasteiger partial charge in [0.05, 0.1) is 4.75 Å². The number of halogens is 3. The van der Waals surface area contributed by atoms with Gasteiger partial charge in [0.15, 0.2) is 0 Å². The first kappa shape index (κ1) is 11.6. The van der Waals surface area contributed by atoms with Crippen LogP contribution in [-0.4, -0.2) is 21.3 Å². The lowest BCUT2D eigenvalue weighted by Crippen LogP contribution is -2.75. The Morgan fingerprint density at radius 1 is 1.25 bits per heavy atom. The van der Waals surface area contributed by atoms with Gasteiger partial charge in [0, 0.05) is 0 Å². The Balaban J connectivity index is 4.30. The first-order valence-electron chi connectivity index (χ1n) is 3.22. The van der Waals surface area contributed by atoms with Crippen molar-refractivity contribution in [3.8, 4) is 0 Å². The second-order valence-electron chi connectivity index (χ2n) is 3.18. The highest BCUT2D eigenvalue weighted by Crippen LogP contribution is 2.08. The van der Waals surface area contributed by atoms with Crippen LogP contribution in [0.25, 0.3) is 0 Å². The molecule has 0 aromatic carbocycles. The molecule has 0 saturated heterocycles. The third-order valence-corrected chi connectivity index (χ3v) is 2.33. The van der Waals surface area contributed by atoms with Crippen LogP contribution in [0.4, 0.5) is 13.2 Å². The minimum Gasteiger partial charge on any atom is -0.186 e. The van der Waals surface area contributed by atoms with Gasteiger partial charge in [-0.25, -0.2) is 0 Å². The Hall–Kier alpha value is -0.390. The van der Waals surface area contributed by atoms with E-state index >= 15 is 0 Å². The summed E-state index contributed by atoms with van der Waals surface area (Å²) in [6.45, 7) is 4.75. The van der Waals surface area contributed by atoms with Crippen LogP contribution in [0, 0.1) is 0 Å². The van der Waals surface area contributed by atoms with Crippen LogP contribution in [0.15, 0.2) is 0 Å². The molecule has 0 aliphatic rings. The van der Waals surface area contributed by atoms with Crippen LogP contribution in [0.2, 0.25) is 0 Å². The standard InChI is InChI=1S/C6H10F3NOS/c1-5(2,3)12(11)10-4-6(7,8)9/h4H,1-3H3/p+1/b10-4+. The van der Waals surface area contributed by atoms with E-state index in [4.69, 9.17) is 0 Å². The SMILES string of the molecule is CC(C)(C)S(=O)/[NH+]=C/C(F)(F)F. The summed E-state index contributed by atoms with van der Waals surface area (Å²) in [4.78, 5) is 0. The zero-order valence-electron chi connectivity index (χ0n) is 7.03. The number of hydrogen-bond donors (Lipinski definition) is 1. The Morgan fingerprint density at radius 2 is 1.67 bits per heavy atom. The zero-order chi connectivity index (χ0) is 9.99. The van der Waals surface area contributed by atoms with Crippen LogP contribution >= 0.6 is 0 Å². The molecule has 0 rings (SSSR count). The van der Waals surface area contributed by atoms with E-state index in [1.165, 1.54) is 0 Å². The fraction of sp³-hybridized carbons (Fsp3) is 0.833. The maximum absolute atomic E-state index is 11.6. The van der Waals surface area contributed by atoms with Gasteiger partial charge in [-0.2, -0.15) is 21.8 Å². The Morgan fingerprint density at radius 3 is 1.92 bits per heavy atom. The molecular weight excluding hydrogens is 191 g/mol. The molecule has 0 saturated carbocycles. The van der Waals surface area contributed by atoms with Crippen molar-refractivity contribution in [2.75, 3.05) is 0 Å². The van der Waals surface area contributed by atoms with Gasteiger partial charge in [0.1, 0.15) is 0 Å². The molecule has 72 valence electrons. The zero-order valence-corrected chi connectivity index (χ0v) is 7.84. The predicted octanol–water partition coefficient (Wildman–Crippen LogP) is 0.162. The fourth-order valence-corrected chi connectivity index (χ4v) is 0.891. The number of alkyl halides is 3. The molecule has 0 amide bonds. The van der Waals surface area contributed by atoms with Crippen molar-refractivity contribution in [2.24, 2.45) is 0 Å². The summed E-state index contributed by atoms with van der Waals surface area (Å²) in [6.07, 6.45) is -4.55. The van der Waals surface area contributed by atoms with Crippen molar-refractivity contribution in [1.82, 2.24) is 0 Å². The molecule has 2 nitrogen and oxygen atoms in total. The highest BCUT2D eigenvalue weighted by Gasteiger charge is 2.31. The van der Waals surface area contributed by atoms with Crippen LogP contribution in [0.1, 0.15) is 20.8 Å². The molecule has 12 heavy (non-hydrogen) atoms. The van der Waals surface area contributed by atoms with Gasteiger partial charge in [-0.15, -0.1) is 0 Å². The van der Waals surface area contributed by atoms with Gasteiger partial charge in [0.2, 0.25) is 0 Å². The van der Waals surface area contributed by atoms with Crippen LogP contribution < -0.4 is 4.40 Å². The lowest BCUT2D eigenvalue weighted by molar-refractivity contribution is -0.273. The summed E-state index contributed by atoms with van der Waals surface area (Å²) < 4.78 is 46.7. The lowest BCUT2D eigenvalue weighted by Gasteiger charge is -2.07. The molecule has 1 unspecified atom stereocenters. The molecular formula is C6H11F3NOS+.